The number of amides is 4. The quantitative estimate of drug-likeness (QED) is 0.0879. The highest BCUT2D eigenvalue weighted by atomic mass is 16.5. The van der Waals surface area contributed by atoms with Crippen LogP contribution in [0.3, 0.4) is 0 Å². The van der Waals surface area contributed by atoms with Gasteiger partial charge in [0.1, 0.15) is 6.04 Å². The first-order chi connectivity index (χ1) is 28.4. The van der Waals surface area contributed by atoms with Crippen LogP contribution in [0.1, 0.15) is 49.4 Å². The Labute approximate surface area is 347 Å². The second-order valence-corrected chi connectivity index (χ2v) is 16.3. The van der Waals surface area contributed by atoms with Crippen molar-refractivity contribution in [3.05, 3.63) is 156 Å². The SMILES string of the molecule is COc1cccc(-c2ccc(C[C@@H](C[C@H](O)[C@H](Cc3ccccc3)NC(=O)[C@@H](N3CCN(Cc4ccccc4)C3=O)C(C)(C)C)N(Cc3ccccc3)C(=O)O)cc2)n1. The number of carboxylic acid groups (broad SMARTS) is 1. The Morgan fingerprint density at radius 1 is 0.780 bits per heavy atom. The van der Waals surface area contributed by atoms with Crippen LogP contribution in [-0.2, 0) is 30.7 Å². The lowest BCUT2D eigenvalue weighted by Gasteiger charge is -2.38. The Kier molecular flexibility index (Phi) is 14.0. The number of urea groups is 1. The molecule has 4 atom stereocenters. The van der Waals surface area contributed by atoms with Crippen molar-refractivity contribution in [1.29, 1.82) is 0 Å². The summed E-state index contributed by atoms with van der Waals surface area (Å²) in [7, 11) is 1.57. The van der Waals surface area contributed by atoms with Gasteiger partial charge in [0, 0.05) is 43.9 Å². The molecule has 0 radical (unpaired) electrons. The molecule has 3 N–H and O–H groups in total. The topological polar surface area (TPSA) is 136 Å². The number of rotatable bonds is 17. The monoisotopic (exact) mass is 797 g/mol. The number of nitrogens with zero attached hydrogens (tertiary/aromatic N) is 4. The summed E-state index contributed by atoms with van der Waals surface area (Å²) in [6.07, 6.45) is -1.65. The van der Waals surface area contributed by atoms with Gasteiger partial charge in [-0.2, -0.15) is 0 Å². The van der Waals surface area contributed by atoms with E-state index in [4.69, 9.17) is 4.74 Å². The third-order valence-electron chi connectivity index (χ3n) is 10.9. The summed E-state index contributed by atoms with van der Waals surface area (Å²) in [5, 5.41) is 26.1. The number of nitrogens with one attached hydrogen (secondary N) is 1. The van der Waals surface area contributed by atoms with Crippen molar-refractivity contribution in [3.8, 4) is 17.1 Å². The molecule has 1 fully saturated rings. The van der Waals surface area contributed by atoms with E-state index in [9.17, 15) is 24.6 Å². The third kappa shape index (κ3) is 11.3. The summed E-state index contributed by atoms with van der Waals surface area (Å²) < 4.78 is 5.31. The Balaban J connectivity index is 1.27. The Morgan fingerprint density at radius 3 is 1.97 bits per heavy atom. The fourth-order valence-corrected chi connectivity index (χ4v) is 7.88. The number of aromatic nitrogens is 1. The van der Waals surface area contributed by atoms with E-state index in [1.165, 1.54) is 4.90 Å². The van der Waals surface area contributed by atoms with Crippen molar-refractivity contribution in [2.45, 2.75) is 77.4 Å². The number of ether oxygens (including phenoxy) is 1. The van der Waals surface area contributed by atoms with Gasteiger partial charge in [-0.3, -0.25) is 4.79 Å². The van der Waals surface area contributed by atoms with E-state index >= 15 is 0 Å². The van der Waals surface area contributed by atoms with Crippen LogP contribution in [-0.4, -0.2) is 92.4 Å². The standard InChI is InChI=1S/C48H55N5O6/c1-48(2,3)44(52-28-27-51(46(52)56)32-36-17-10-6-11-18-36)45(55)50-41(30-34-15-8-5-9-16-34)42(54)31-39(53(47(57)58)33-37-19-12-7-13-20-37)29-35-23-25-38(26-24-35)40-21-14-22-43(49-40)59-4/h5-26,39,41-42,44,54H,27-33H2,1-4H3,(H,50,55)(H,57,58)/t39-,41-,42-,44+/m0/s1. The molecule has 1 aliphatic heterocycles. The minimum atomic E-state index is -1.16. The molecular formula is C48H55N5O6. The highest BCUT2D eigenvalue weighted by molar-refractivity contribution is 5.89. The highest BCUT2D eigenvalue weighted by Gasteiger charge is 2.44. The van der Waals surface area contributed by atoms with Gasteiger partial charge in [-0.15, -0.1) is 0 Å². The van der Waals surface area contributed by atoms with Gasteiger partial charge in [0.2, 0.25) is 11.8 Å². The maximum absolute atomic E-state index is 14.6. The number of methoxy groups -OCH3 is 1. The molecule has 0 saturated carbocycles. The molecule has 1 saturated heterocycles. The lowest BCUT2D eigenvalue weighted by molar-refractivity contribution is -0.130. The first-order valence-corrected chi connectivity index (χ1v) is 20.1. The molecule has 11 heteroatoms. The van der Waals surface area contributed by atoms with Crippen molar-refractivity contribution in [3.63, 3.8) is 0 Å². The molecule has 11 nitrogen and oxygen atoms in total. The number of aliphatic hydroxyl groups excluding tert-OH is 1. The first-order valence-electron chi connectivity index (χ1n) is 20.1. The summed E-state index contributed by atoms with van der Waals surface area (Å²) in [5.41, 5.74) is 4.56. The first kappa shape index (κ1) is 42.4. The van der Waals surface area contributed by atoms with Crippen LogP contribution in [0, 0.1) is 5.41 Å². The van der Waals surface area contributed by atoms with Crippen LogP contribution in [0.15, 0.2) is 133 Å². The molecule has 4 amide bonds. The van der Waals surface area contributed by atoms with Crippen molar-refractivity contribution in [2.24, 2.45) is 5.41 Å². The molecule has 1 aromatic heterocycles. The summed E-state index contributed by atoms with van der Waals surface area (Å²) in [4.78, 5) is 50.9. The van der Waals surface area contributed by atoms with Crippen molar-refractivity contribution < 1.29 is 29.3 Å². The average molecular weight is 798 g/mol. The molecule has 0 aliphatic carbocycles. The molecule has 4 aromatic carbocycles. The number of carbonyl (C=O) groups is 3. The van der Waals surface area contributed by atoms with Crippen LogP contribution in [0.2, 0.25) is 0 Å². The number of aliphatic hydroxyl groups is 1. The second-order valence-electron chi connectivity index (χ2n) is 16.3. The van der Waals surface area contributed by atoms with Gasteiger partial charge in [0.15, 0.2) is 0 Å². The van der Waals surface area contributed by atoms with E-state index in [1.807, 2.05) is 148 Å². The second kappa shape index (κ2) is 19.5. The maximum Gasteiger partial charge on any atom is 0.407 e. The molecule has 59 heavy (non-hydrogen) atoms. The fourth-order valence-electron chi connectivity index (χ4n) is 7.88. The number of hydrogen-bond donors (Lipinski definition) is 3. The minimum Gasteiger partial charge on any atom is -0.481 e. The highest BCUT2D eigenvalue weighted by Crippen LogP contribution is 2.30. The summed E-state index contributed by atoms with van der Waals surface area (Å²) >= 11 is 0. The van der Waals surface area contributed by atoms with Gasteiger partial charge in [0.05, 0.1) is 24.9 Å². The number of carbonyl (C=O) groups excluding carboxylic acids is 2. The molecular weight excluding hydrogens is 743 g/mol. The number of benzene rings is 4. The van der Waals surface area contributed by atoms with E-state index in [1.54, 1.807) is 23.0 Å². The Hall–Kier alpha value is -6.20. The van der Waals surface area contributed by atoms with Crippen molar-refractivity contribution in [2.75, 3.05) is 20.2 Å². The van der Waals surface area contributed by atoms with Gasteiger partial charge in [0.25, 0.3) is 0 Å². The Morgan fingerprint density at radius 2 is 1.37 bits per heavy atom. The van der Waals surface area contributed by atoms with Crippen LogP contribution in [0.5, 0.6) is 5.88 Å². The summed E-state index contributed by atoms with van der Waals surface area (Å²) in [5.74, 6) is 0.131. The van der Waals surface area contributed by atoms with E-state index in [0.717, 1.165) is 33.5 Å². The van der Waals surface area contributed by atoms with Crippen LogP contribution < -0.4 is 10.1 Å². The summed E-state index contributed by atoms with van der Waals surface area (Å²) in [6.45, 7) is 7.23. The zero-order valence-electron chi connectivity index (χ0n) is 34.3. The molecule has 0 unspecified atom stereocenters. The van der Waals surface area contributed by atoms with Crippen molar-refractivity contribution in [1.82, 2.24) is 25.0 Å². The minimum absolute atomic E-state index is 0.0315. The lowest BCUT2D eigenvalue weighted by atomic mass is 9.84. The zero-order valence-corrected chi connectivity index (χ0v) is 34.3. The van der Waals surface area contributed by atoms with Crippen molar-refractivity contribution >= 4 is 18.0 Å². The van der Waals surface area contributed by atoms with Crippen LogP contribution in [0.25, 0.3) is 11.3 Å². The van der Waals surface area contributed by atoms with E-state index in [-0.39, 0.29) is 24.9 Å². The van der Waals surface area contributed by atoms with E-state index < -0.39 is 35.7 Å². The smallest absolute Gasteiger partial charge is 0.407 e. The molecule has 0 bridgehead atoms. The van der Waals surface area contributed by atoms with Gasteiger partial charge in [-0.1, -0.05) is 142 Å². The fraction of sp³-hybridized carbons (Fsp3) is 0.333. The summed E-state index contributed by atoms with van der Waals surface area (Å²) in [6, 6.07) is 39.6. The van der Waals surface area contributed by atoms with Gasteiger partial charge >= 0.3 is 12.1 Å². The molecule has 2 heterocycles. The molecule has 1 aliphatic rings. The van der Waals surface area contributed by atoms with Gasteiger partial charge < -0.3 is 35.0 Å². The van der Waals surface area contributed by atoms with E-state index in [2.05, 4.69) is 10.3 Å². The van der Waals surface area contributed by atoms with Crippen LogP contribution in [0.4, 0.5) is 9.59 Å². The average Bonchev–Trinajstić information content (AvgIpc) is 3.58. The molecule has 0 spiro atoms. The predicted molar refractivity (Wildman–Crippen MR) is 229 cm³/mol. The van der Waals surface area contributed by atoms with E-state index in [0.29, 0.717) is 38.4 Å². The molecule has 6 rings (SSSR count). The number of hydrogen-bond acceptors (Lipinski definition) is 6. The van der Waals surface area contributed by atoms with Gasteiger partial charge in [-0.25, -0.2) is 14.6 Å². The predicted octanol–water partition coefficient (Wildman–Crippen LogP) is 7.68. The largest absolute Gasteiger partial charge is 0.481 e. The number of pyridine rings is 1. The molecule has 308 valence electrons. The molecule has 5 aromatic rings. The van der Waals surface area contributed by atoms with Crippen LogP contribution >= 0.6 is 0 Å². The van der Waals surface area contributed by atoms with Gasteiger partial charge in [-0.05, 0) is 53.0 Å². The normalized spacial score (nSPS) is 15.0. The lowest BCUT2D eigenvalue weighted by Crippen LogP contribution is -2.58. The zero-order chi connectivity index (χ0) is 41.9. The Bertz CT molecular complexity index is 2130. The maximum atomic E-state index is 14.6. The third-order valence-corrected chi connectivity index (χ3v) is 10.9.